The first kappa shape index (κ1) is 20.5. The molecule has 0 aliphatic carbocycles. The Hall–Kier alpha value is -2.81. The summed E-state index contributed by atoms with van der Waals surface area (Å²) in [7, 11) is -3.51. The van der Waals surface area contributed by atoms with Crippen molar-refractivity contribution in [3.05, 3.63) is 54.1 Å². The fraction of sp³-hybridized carbons (Fsp3) is 0.429. The fourth-order valence-corrected chi connectivity index (χ4v) is 5.18. The molecule has 3 aromatic rings. The van der Waals surface area contributed by atoms with E-state index in [2.05, 4.69) is 15.1 Å². The lowest BCUT2D eigenvalue weighted by Crippen LogP contribution is -2.42. The zero-order chi connectivity index (χ0) is 21.3. The summed E-state index contributed by atoms with van der Waals surface area (Å²) < 4.78 is 26.4. The molecular formula is C21H25N5O3S. The summed E-state index contributed by atoms with van der Waals surface area (Å²) in [6.07, 6.45) is 6.17. The summed E-state index contributed by atoms with van der Waals surface area (Å²) in [6.45, 7) is 3.13. The third-order valence-electron chi connectivity index (χ3n) is 5.74. The van der Waals surface area contributed by atoms with Crippen LogP contribution in [0.2, 0.25) is 0 Å². The maximum atomic E-state index is 13.4. The van der Waals surface area contributed by atoms with Crippen molar-refractivity contribution >= 4 is 21.5 Å². The van der Waals surface area contributed by atoms with E-state index in [9.17, 15) is 13.2 Å². The first-order valence-corrected chi connectivity index (χ1v) is 12.0. The van der Waals surface area contributed by atoms with Crippen LogP contribution in [-0.4, -0.2) is 58.2 Å². The van der Waals surface area contributed by atoms with Crippen LogP contribution in [0.1, 0.15) is 49.3 Å². The van der Waals surface area contributed by atoms with Crippen molar-refractivity contribution in [2.24, 2.45) is 0 Å². The molecule has 1 aliphatic rings. The molecule has 1 aliphatic heterocycles. The van der Waals surface area contributed by atoms with Crippen molar-refractivity contribution < 1.29 is 13.2 Å². The first-order valence-electron chi connectivity index (χ1n) is 10.1. The van der Waals surface area contributed by atoms with Crippen LogP contribution in [-0.2, 0) is 14.6 Å². The monoisotopic (exact) mass is 427 g/mol. The van der Waals surface area contributed by atoms with E-state index in [4.69, 9.17) is 0 Å². The quantitative estimate of drug-likeness (QED) is 0.620. The van der Waals surface area contributed by atoms with E-state index in [-0.39, 0.29) is 22.6 Å². The van der Waals surface area contributed by atoms with Crippen LogP contribution in [0, 0.1) is 0 Å². The number of amides is 1. The highest BCUT2D eigenvalue weighted by Gasteiger charge is 2.33. The average Bonchev–Trinajstić information content (AvgIpc) is 3.22. The Kier molecular flexibility index (Phi) is 5.55. The molecule has 30 heavy (non-hydrogen) atoms. The summed E-state index contributed by atoms with van der Waals surface area (Å²) in [5.41, 5.74) is 1.57. The minimum atomic E-state index is -3.51. The molecule has 3 heterocycles. The molecular weight excluding hydrogens is 402 g/mol. The van der Waals surface area contributed by atoms with Gasteiger partial charge in [0.1, 0.15) is 11.2 Å². The summed E-state index contributed by atoms with van der Waals surface area (Å²) in [4.78, 5) is 23.6. The van der Waals surface area contributed by atoms with Gasteiger partial charge in [0.2, 0.25) is 5.91 Å². The fourth-order valence-electron chi connectivity index (χ4n) is 4.30. The van der Waals surface area contributed by atoms with Gasteiger partial charge in [-0.2, -0.15) is 14.6 Å². The Morgan fingerprint density at radius 1 is 1.23 bits per heavy atom. The molecule has 2 aromatic heterocycles. The molecule has 158 valence electrons. The third kappa shape index (κ3) is 3.81. The summed E-state index contributed by atoms with van der Waals surface area (Å²) in [6, 6.07) is 9.80. The second-order valence-electron chi connectivity index (χ2n) is 7.75. The van der Waals surface area contributed by atoms with Crippen molar-refractivity contribution in [2.45, 2.75) is 42.9 Å². The van der Waals surface area contributed by atoms with Crippen LogP contribution < -0.4 is 0 Å². The normalized spacial score (nSPS) is 18.5. The van der Waals surface area contributed by atoms with Gasteiger partial charge in [-0.1, -0.05) is 37.3 Å². The van der Waals surface area contributed by atoms with E-state index >= 15 is 0 Å². The number of fused-ring (bicyclic) bond motifs is 1. The summed E-state index contributed by atoms with van der Waals surface area (Å²) >= 11 is 0. The number of hydrogen-bond acceptors (Lipinski definition) is 6. The van der Waals surface area contributed by atoms with Gasteiger partial charge in [-0.05, 0) is 24.8 Å². The topological polar surface area (TPSA) is 97.5 Å². The van der Waals surface area contributed by atoms with Crippen molar-refractivity contribution in [3.8, 4) is 0 Å². The summed E-state index contributed by atoms with van der Waals surface area (Å²) in [5, 5.41) is 4.21. The Morgan fingerprint density at radius 3 is 2.70 bits per heavy atom. The number of hydrogen-bond donors (Lipinski definition) is 0. The van der Waals surface area contributed by atoms with Crippen molar-refractivity contribution in [3.63, 3.8) is 0 Å². The first-order chi connectivity index (χ1) is 14.4. The lowest BCUT2D eigenvalue weighted by atomic mass is 9.90. The Labute approximate surface area is 175 Å². The summed E-state index contributed by atoms with van der Waals surface area (Å²) in [5.74, 6) is 0.0748. The lowest BCUT2D eigenvalue weighted by molar-refractivity contribution is -0.134. The number of benzene rings is 1. The minimum Gasteiger partial charge on any atom is -0.341 e. The number of carbonyl (C=O) groups is 1. The van der Waals surface area contributed by atoms with Crippen LogP contribution in [0.5, 0.6) is 0 Å². The van der Waals surface area contributed by atoms with Gasteiger partial charge >= 0.3 is 0 Å². The average molecular weight is 428 g/mol. The zero-order valence-electron chi connectivity index (χ0n) is 17.1. The molecule has 0 spiro atoms. The molecule has 0 N–H and O–H groups in total. The van der Waals surface area contributed by atoms with Crippen molar-refractivity contribution in [1.29, 1.82) is 0 Å². The minimum absolute atomic E-state index is 0.0817. The van der Waals surface area contributed by atoms with Crippen LogP contribution in [0.25, 0.3) is 5.78 Å². The zero-order valence-corrected chi connectivity index (χ0v) is 17.9. The van der Waals surface area contributed by atoms with E-state index in [1.807, 2.05) is 42.2 Å². The van der Waals surface area contributed by atoms with Gasteiger partial charge in [-0.25, -0.2) is 13.4 Å². The maximum absolute atomic E-state index is 13.4. The Balaban J connectivity index is 1.68. The van der Waals surface area contributed by atoms with Crippen LogP contribution in [0.4, 0.5) is 0 Å². The van der Waals surface area contributed by atoms with E-state index in [1.165, 1.54) is 23.3 Å². The Bertz CT molecular complexity index is 1160. The van der Waals surface area contributed by atoms with Gasteiger partial charge in [-0.15, -0.1) is 0 Å². The number of carbonyl (C=O) groups excluding carboxylic acids is 1. The number of rotatable bonds is 5. The molecule has 1 aromatic carbocycles. The molecule has 0 saturated carbocycles. The standard InChI is InChI=1S/C21H25N5O3S/c1-3-17(15-8-5-4-6-9-15)20(27)25-11-7-10-16(13-25)19-18(30(2,28)29)12-22-21-23-14-24-26(19)21/h4-6,8-9,12,14,16-17H,3,7,10-11,13H2,1-2H3/t16-,17-/m0/s1. The molecule has 4 rings (SSSR count). The maximum Gasteiger partial charge on any atom is 0.252 e. The van der Waals surface area contributed by atoms with Gasteiger partial charge in [0.15, 0.2) is 9.84 Å². The third-order valence-corrected chi connectivity index (χ3v) is 6.85. The van der Waals surface area contributed by atoms with E-state index in [0.29, 0.717) is 31.0 Å². The molecule has 8 nitrogen and oxygen atoms in total. The number of aromatic nitrogens is 4. The lowest BCUT2D eigenvalue weighted by Gasteiger charge is -2.35. The molecule has 0 unspecified atom stereocenters. The van der Waals surface area contributed by atoms with Crippen LogP contribution in [0.15, 0.2) is 47.8 Å². The van der Waals surface area contributed by atoms with Gasteiger partial charge in [0, 0.05) is 25.3 Å². The van der Waals surface area contributed by atoms with Gasteiger partial charge in [-0.3, -0.25) is 4.79 Å². The predicted molar refractivity (Wildman–Crippen MR) is 112 cm³/mol. The molecule has 1 saturated heterocycles. The number of sulfone groups is 1. The van der Waals surface area contributed by atoms with E-state index in [1.54, 1.807) is 0 Å². The molecule has 2 atom stereocenters. The highest BCUT2D eigenvalue weighted by Crippen LogP contribution is 2.33. The molecule has 1 fully saturated rings. The number of piperidine rings is 1. The highest BCUT2D eigenvalue weighted by atomic mass is 32.2. The molecule has 0 radical (unpaired) electrons. The van der Waals surface area contributed by atoms with Crippen molar-refractivity contribution in [2.75, 3.05) is 19.3 Å². The smallest absolute Gasteiger partial charge is 0.252 e. The second kappa shape index (κ2) is 8.14. The van der Waals surface area contributed by atoms with E-state index < -0.39 is 9.84 Å². The molecule has 1 amide bonds. The second-order valence-corrected chi connectivity index (χ2v) is 9.73. The highest BCUT2D eigenvalue weighted by molar-refractivity contribution is 7.90. The molecule has 0 bridgehead atoms. The van der Waals surface area contributed by atoms with Crippen LogP contribution >= 0.6 is 0 Å². The number of nitrogens with zero attached hydrogens (tertiary/aromatic N) is 5. The SMILES string of the molecule is CC[C@H](C(=O)N1CCC[C@H](c2c(S(C)(=O)=O)cnc3ncnn23)C1)c1ccccc1. The van der Waals surface area contributed by atoms with E-state index in [0.717, 1.165) is 18.4 Å². The van der Waals surface area contributed by atoms with Gasteiger partial charge in [0.05, 0.1) is 17.8 Å². The van der Waals surface area contributed by atoms with Gasteiger partial charge in [0.25, 0.3) is 5.78 Å². The van der Waals surface area contributed by atoms with Crippen LogP contribution in [0.3, 0.4) is 0 Å². The molecule has 9 heteroatoms. The predicted octanol–water partition coefficient (Wildman–Crippen LogP) is 2.43. The van der Waals surface area contributed by atoms with Crippen molar-refractivity contribution in [1.82, 2.24) is 24.5 Å². The van der Waals surface area contributed by atoms with Gasteiger partial charge < -0.3 is 4.90 Å². The Morgan fingerprint density at radius 2 is 2.00 bits per heavy atom. The largest absolute Gasteiger partial charge is 0.341 e. The number of likely N-dealkylation sites (tertiary alicyclic amines) is 1.